The van der Waals surface area contributed by atoms with Gasteiger partial charge in [0, 0.05) is 67.6 Å². The topological polar surface area (TPSA) is 155 Å². The van der Waals surface area contributed by atoms with Crippen molar-refractivity contribution < 1.29 is 19.1 Å². The molecule has 0 radical (unpaired) electrons. The van der Waals surface area contributed by atoms with Crippen molar-refractivity contribution in [2.75, 3.05) is 31.8 Å². The number of carbonyl (C=O) groups excluding carboxylic acids is 2. The van der Waals surface area contributed by atoms with Gasteiger partial charge in [0.05, 0.1) is 32.0 Å². The van der Waals surface area contributed by atoms with E-state index >= 15 is 0 Å². The van der Waals surface area contributed by atoms with Gasteiger partial charge < -0.3 is 20.5 Å². The molecule has 0 aliphatic rings. The molecule has 0 atom stereocenters. The van der Waals surface area contributed by atoms with Gasteiger partial charge in [0.1, 0.15) is 5.82 Å². The van der Waals surface area contributed by atoms with Crippen LogP contribution in [0.15, 0.2) is 122 Å². The normalized spacial score (nSPS) is 10.3. The highest BCUT2D eigenvalue weighted by Crippen LogP contribution is 2.15. The second-order valence-corrected chi connectivity index (χ2v) is 13.1. The van der Waals surface area contributed by atoms with Gasteiger partial charge in [0.2, 0.25) is 22.9 Å². The Bertz CT molecular complexity index is 2030. The van der Waals surface area contributed by atoms with Crippen molar-refractivity contribution in [3.8, 4) is 23.1 Å². The van der Waals surface area contributed by atoms with Gasteiger partial charge in [-0.25, -0.2) is 19.3 Å². The second-order valence-electron chi connectivity index (χ2n) is 12.7. The number of nitrogens with one attached hydrogen (secondary N) is 1. The van der Waals surface area contributed by atoms with Crippen LogP contribution in [0.4, 0.5) is 11.6 Å². The van der Waals surface area contributed by atoms with E-state index in [-0.39, 0.29) is 11.1 Å². The first-order valence-corrected chi connectivity index (χ1v) is 18.5. The van der Waals surface area contributed by atoms with Crippen molar-refractivity contribution in [2.45, 2.75) is 59.5 Å². The number of carbonyl (C=O) groups is 2. The first kappa shape index (κ1) is 44.3. The van der Waals surface area contributed by atoms with Crippen LogP contribution in [-0.2, 0) is 22.4 Å². The third kappa shape index (κ3) is 15.7. The zero-order valence-corrected chi connectivity index (χ0v) is 33.8. The Balaban J connectivity index is 0.000000218. The molecule has 296 valence electrons. The number of nitrogens with zero attached hydrogens (tertiary/aromatic N) is 7. The first-order chi connectivity index (χ1) is 26.9. The fourth-order valence-corrected chi connectivity index (χ4v) is 5.53. The van der Waals surface area contributed by atoms with E-state index in [0.29, 0.717) is 48.3 Å². The minimum absolute atomic E-state index is 0.103. The molecule has 13 nitrogen and oxygen atoms in total. The molecule has 4 aromatic heterocycles. The van der Waals surface area contributed by atoms with Gasteiger partial charge in [-0.1, -0.05) is 67.6 Å². The van der Waals surface area contributed by atoms with Crippen LogP contribution in [0.1, 0.15) is 45.7 Å². The van der Waals surface area contributed by atoms with Crippen LogP contribution >= 0.6 is 11.6 Å². The monoisotopic (exact) mass is 781 g/mol. The number of pyridine rings is 2. The average molecular weight is 782 g/mol. The van der Waals surface area contributed by atoms with Gasteiger partial charge in [-0.3, -0.25) is 14.5 Å². The van der Waals surface area contributed by atoms with Gasteiger partial charge in [-0.05, 0) is 69.1 Å². The summed E-state index contributed by atoms with van der Waals surface area (Å²) < 4.78 is 13.4. The van der Waals surface area contributed by atoms with E-state index < -0.39 is 0 Å². The number of rotatable bonds is 12. The summed E-state index contributed by atoms with van der Waals surface area (Å²) >= 11 is 5.17. The molecule has 56 heavy (non-hydrogen) atoms. The molecule has 4 heterocycles. The Morgan fingerprint density at radius 1 is 0.732 bits per heavy atom. The van der Waals surface area contributed by atoms with Gasteiger partial charge in [0.25, 0.3) is 0 Å². The number of aromatic nitrogens is 6. The van der Waals surface area contributed by atoms with Gasteiger partial charge in [-0.2, -0.15) is 10.2 Å². The average Bonchev–Trinajstić information content (AvgIpc) is 3.85. The maximum atomic E-state index is 12.0. The molecule has 0 aliphatic carbocycles. The predicted molar refractivity (Wildman–Crippen MR) is 223 cm³/mol. The molecule has 0 bridgehead atoms. The smallest absolute Gasteiger partial charge is 0.229 e. The lowest BCUT2D eigenvalue weighted by molar-refractivity contribution is -0.115. The molecule has 0 fully saturated rings. The molecule has 3 N–H and O–H groups in total. The van der Waals surface area contributed by atoms with Crippen molar-refractivity contribution in [1.82, 2.24) is 34.4 Å². The van der Waals surface area contributed by atoms with Crippen LogP contribution in [0.5, 0.6) is 11.8 Å². The highest BCUT2D eigenvalue weighted by molar-refractivity contribution is 6.63. The maximum absolute atomic E-state index is 12.0. The largest absolute Gasteiger partial charge is 0.481 e. The lowest BCUT2D eigenvalue weighted by atomic mass is 10.1. The van der Waals surface area contributed by atoms with Gasteiger partial charge >= 0.3 is 0 Å². The van der Waals surface area contributed by atoms with Crippen LogP contribution in [0, 0.1) is 0 Å². The number of nitrogens with two attached hydrogens (primary N) is 1. The lowest BCUT2D eigenvalue weighted by Crippen LogP contribution is -2.36. The zero-order chi connectivity index (χ0) is 40.9. The summed E-state index contributed by atoms with van der Waals surface area (Å²) in [7, 11) is 3.13. The SMILES string of the molecule is CCN(C(C)C)C(C)C.COc1cc(-n2ccc(N)n2)ccn1.COc1cc(-n2ccc(NC(=O)Cc3ccccc3)n2)ccn1.O=C(Cl)Cc1ccccc1. The number of nitrogen functional groups attached to an aromatic ring is 1. The molecule has 0 saturated carbocycles. The summed E-state index contributed by atoms with van der Waals surface area (Å²) in [5, 5.41) is 10.9. The van der Waals surface area contributed by atoms with E-state index in [2.05, 4.69) is 65.0 Å². The molecule has 6 rings (SSSR count). The Hall–Kier alpha value is -6.05. The summed E-state index contributed by atoms with van der Waals surface area (Å²) in [6, 6.07) is 31.0. The molecular weight excluding hydrogens is 730 g/mol. The third-order valence-corrected chi connectivity index (χ3v) is 8.07. The van der Waals surface area contributed by atoms with Crippen LogP contribution in [0.2, 0.25) is 0 Å². The number of anilines is 2. The number of benzene rings is 2. The number of methoxy groups -OCH3 is 2. The van der Waals surface area contributed by atoms with E-state index in [1.807, 2.05) is 72.8 Å². The molecule has 2 aromatic carbocycles. The molecule has 0 spiro atoms. The predicted octanol–water partition coefficient (Wildman–Crippen LogP) is 7.43. The highest BCUT2D eigenvalue weighted by atomic mass is 35.5. The van der Waals surface area contributed by atoms with E-state index in [0.717, 1.165) is 29.0 Å². The van der Waals surface area contributed by atoms with Crippen LogP contribution in [0.3, 0.4) is 0 Å². The Labute approximate surface area is 334 Å². The van der Waals surface area contributed by atoms with Crippen molar-refractivity contribution >= 4 is 34.4 Å². The molecule has 14 heteroatoms. The second kappa shape index (κ2) is 23.7. The van der Waals surface area contributed by atoms with Crippen LogP contribution < -0.4 is 20.5 Å². The summed E-state index contributed by atoms with van der Waals surface area (Å²) in [5.74, 6) is 1.94. The van der Waals surface area contributed by atoms with E-state index in [9.17, 15) is 9.59 Å². The highest BCUT2D eigenvalue weighted by Gasteiger charge is 2.10. The third-order valence-electron chi connectivity index (χ3n) is 7.94. The Morgan fingerprint density at radius 3 is 1.62 bits per heavy atom. The minimum atomic E-state index is -0.314. The van der Waals surface area contributed by atoms with Gasteiger partial charge in [0.15, 0.2) is 5.82 Å². The lowest BCUT2D eigenvalue weighted by Gasteiger charge is -2.28. The molecular formula is C42H52ClN9O4. The zero-order valence-electron chi connectivity index (χ0n) is 33.0. The first-order valence-electron chi connectivity index (χ1n) is 18.1. The number of ether oxygens (including phenoxy) is 2. The maximum Gasteiger partial charge on any atom is 0.229 e. The van der Waals surface area contributed by atoms with Crippen LogP contribution in [-0.4, -0.2) is 78.4 Å². The van der Waals surface area contributed by atoms with Crippen molar-refractivity contribution in [3.63, 3.8) is 0 Å². The fraction of sp³-hybridized carbons (Fsp3) is 0.286. The van der Waals surface area contributed by atoms with E-state index in [1.54, 1.807) is 72.6 Å². The Kier molecular flexibility index (Phi) is 18.7. The molecule has 6 aromatic rings. The molecule has 1 amide bonds. The van der Waals surface area contributed by atoms with Crippen molar-refractivity contribution in [3.05, 3.63) is 133 Å². The minimum Gasteiger partial charge on any atom is -0.481 e. The molecule has 0 saturated heterocycles. The van der Waals surface area contributed by atoms with E-state index in [4.69, 9.17) is 26.8 Å². The standard InChI is InChI=1S/C17H16N4O2.C9H10N4O.C8H7ClO.C8H19N/c1-23-17-12-14(7-9-18-17)21-10-8-15(20-21)19-16(22)11-13-5-3-2-4-6-13;1-14-9-6-7(2-4-11-9)13-5-3-8(10)12-13;9-8(10)6-7-4-2-1-3-5-7;1-6-9(7(2)3)8(4)5/h2-10,12H,11H2,1H3,(H,19,20,22);2-6H,1H3,(H2,10,12);1-5H,6H2;7-8H,6H2,1-5H3. The Morgan fingerprint density at radius 2 is 1.21 bits per heavy atom. The number of hydrogen-bond donors (Lipinski definition) is 2. The molecule has 0 unspecified atom stereocenters. The summed E-state index contributed by atoms with van der Waals surface area (Å²) in [5.41, 5.74) is 9.10. The summed E-state index contributed by atoms with van der Waals surface area (Å²) in [6.45, 7) is 12.3. The molecule has 0 aliphatic heterocycles. The van der Waals surface area contributed by atoms with Gasteiger partial charge in [-0.15, -0.1) is 0 Å². The number of amides is 1. The fourth-order valence-electron chi connectivity index (χ4n) is 5.37. The van der Waals surface area contributed by atoms with E-state index in [1.165, 1.54) is 0 Å². The number of halogens is 1. The summed E-state index contributed by atoms with van der Waals surface area (Å²) in [4.78, 5) is 32.9. The quantitative estimate of drug-likeness (QED) is 0.120. The number of hydrogen-bond acceptors (Lipinski definition) is 10. The van der Waals surface area contributed by atoms with Crippen LogP contribution in [0.25, 0.3) is 11.4 Å². The van der Waals surface area contributed by atoms with Crippen molar-refractivity contribution in [1.29, 1.82) is 0 Å². The summed E-state index contributed by atoms with van der Waals surface area (Å²) in [6.07, 6.45) is 7.49. The van der Waals surface area contributed by atoms with Crippen molar-refractivity contribution in [2.24, 2.45) is 0 Å².